The Balaban J connectivity index is 1.57. The number of H-pyrrole nitrogens is 1. The average molecular weight is 434 g/mol. The largest absolute Gasteiger partial charge is 0.462 e. The zero-order chi connectivity index (χ0) is 22.6. The van der Waals surface area contributed by atoms with Gasteiger partial charge in [0.05, 0.1) is 12.3 Å². The first-order valence-electron chi connectivity index (χ1n) is 10.6. The van der Waals surface area contributed by atoms with E-state index in [0.29, 0.717) is 24.7 Å². The standard InChI is InChI=1S/C21H31N5O5/c1-5-30-19(28)16-12-23-26-17(27)10-15(24-18(16)26)13-25-8-6-14(7-9-25)11-22-20(29)31-21(2,3)4/h10,12,14,23H,5-9,11,13H2,1-4H3,(H,22,29). The maximum Gasteiger partial charge on any atom is 0.407 e. The van der Waals surface area contributed by atoms with E-state index in [9.17, 15) is 14.4 Å². The summed E-state index contributed by atoms with van der Waals surface area (Å²) < 4.78 is 11.6. The Morgan fingerprint density at radius 1 is 1.29 bits per heavy atom. The highest BCUT2D eigenvalue weighted by atomic mass is 16.6. The van der Waals surface area contributed by atoms with Gasteiger partial charge in [-0.05, 0) is 59.5 Å². The molecule has 0 atom stereocenters. The fourth-order valence-corrected chi connectivity index (χ4v) is 3.59. The highest BCUT2D eigenvalue weighted by Gasteiger charge is 2.23. The van der Waals surface area contributed by atoms with Crippen molar-refractivity contribution < 1.29 is 19.1 Å². The number of carbonyl (C=O) groups excluding carboxylic acids is 2. The smallest absolute Gasteiger partial charge is 0.407 e. The minimum Gasteiger partial charge on any atom is -0.462 e. The third-order valence-corrected chi connectivity index (χ3v) is 5.07. The molecule has 1 aliphatic rings. The van der Waals surface area contributed by atoms with Crippen molar-refractivity contribution in [3.8, 4) is 0 Å². The van der Waals surface area contributed by atoms with Gasteiger partial charge in [0.25, 0.3) is 5.56 Å². The molecular formula is C21H31N5O5. The highest BCUT2D eigenvalue weighted by molar-refractivity contribution is 5.95. The second kappa shape index (κ2) is 9.51. The number of hydrogen-bond donors (Lipinski definition) is 2. The van der Waals surface area contributed by atoms with Gasteiger partial charge < -0.3 is 14.8 Å². The number of nitrogens with zero attached hydrogens (tertiary/aromatic N) is 3. The van der Waals surface area contributed by atoms with Gasteiger partial charge in [-0.25, -0.2) is 19.1 Å². The SMILES string of the molecule is CCOC(=O)c1c[nH]n2c(=O)cc(CN3CCC(CNC(=O)OC(C)(C)C)CC3)nc12. The average Bonchev–Trinajstić information content (AvgIpc) is 3.11. The molecule has 2 aromatic rings. The molecule has 1 fully saturated rings. The molecular weight excluding hydrogens is 402 g/mol. The number of nitrogens with one attached hydrogen (secondary N) is 2. The van der Waals surface area contributed by atoms with Crippen molar-refractivity contribution in [3.63, 3.8) is 0 Å². The number of aromatic amines is 1. The molecule has 3 rings (SSSR count). The molecule has 0 spiro atoms. The summed E-state index contributed by atoms with van der Waals surface area (Å²) in [6.07, 6.45) is 2.90. The molecule has 0 unspecified atom stereocenters. The fraction of sp³-hybridized carbons (Fsp3) is 0.619. The summed E-state index contributed by atoms with van der Waals surface area (Å²) in [6, 6.07) is 1.48. The van der Waals surface area contributed by atoms with E-state index in [1.54, 1.807) is 6.92 Å². The van der Waals surface area contributed by atoms with Gasteiger partial charge in [-0.15, -0.1) is 0 Å². The van der Waals surface area contributed by atoms with Gasteiger partial charge in [0.1, 0.15) is 11.2 Å². The van der Waals surface area contributed by atoms with Gasteiger partial charge in [-0.2, -0.15) is 0 Å². The Hall–Kier alpha value is -2.88. The van der Waals surface area contributed by atoms with E-state index in [0.717, 1.165) is 25.9 Å². The van der Waals surface area contributed by atoms with Gasteiger partial charge in [-0.3, -0.25) is 14.8 Å². The monoisotopic (exact) mass is 433 g/mol. The third-order valence-electron chi connectivity index (χ3n) is 5.07. The van der Waals surface area contributed by atoms with Crippen LogP contribution in [0.2, 0.25) is 0 Å². The molecule has 1 saturated heterocycles. The summed E-state index contributed by atoms with van der Waals surface area (Å²) in [4.78, 5) is 43.1. The maximum absolute atomic E-state index is 12.4. The lowest BCUT2D eigenvalue weighted by molar-refractivity contribution is 0.0505. The molecule has 31 heavy (non-hydrogen) atoms. The molecule has 10 nitrogen and oxygen atoms in total. The van der Waals surface area contributed by atoms with E-state index in [-0.39, 0.29) is 23.4 Å². The lowest BCUT2D eigenvalue weighted by Gasteiger charge is -2.31. The molecule has 0 bridgehead atoms. The van der Waals surface area contributed by atoms with E-state index in [4.69, 9.17) is 9.47 Å². The van der Waals surface area contributed by atoms with Gasteiger partial charge in [0, 0.05) is 25.4 Å². The minimum absolute atomic E-state index is 0.243. The molecule has 1 amide bonds. The molecule has 0 saturated carbocycles. The zero-order valence-electron chi connectivity index (χ0n) is 18.6. The topological polar surface area (TPSA) is 118 Å². The molecule has 170 valence electrons. The Labute approximate surface area is 180 Å². The minimum atomic E-state index is -0.511. The number of piperidine rings is 1. The van der Waals surface area contributed by atoms with Crippen molar-refractivity contribution >= 4 is 17.7 Å². The van der Waals surface area contributed by atoms with Crippen molar-refractivity contribution in [2.45, 2.75) is 52.7 Å². The summed E-state index contributed by atoms with van der Waals surface area (Å²) in [7, 11) is 0. The lowest BCUT2D eigenvalue weighted by Crippen LogP contribution is -2.40. The molecule has 3 heterocycles. The van der Waals surface area contributed by atoms with Crippen LogP contribution in [0, 0.1) is 5.92 Å². The molecule has 2 N–H and O–H groups in total. The zero-order valence-corrected chi connectivity index (χ0v) is 18.6. The summed E-state index contributed by atoms with van der Waals surface area (Å²) in [6.45, 7) is 10.3. The number of alkyl carbamates (subject to hydrolysis) is 1. The number of amides is 1. The van der Waals surface area contributed by atoms with Gasteiger partial charge in [0.2, 0.25) is 0 Å². The van der Waals surface area contributed by atoms with Crippen molar-refractivity contribution in [2.24, 2.45) is 5.92 Å². The van der Waals surface area contributed by atoms with Crippen LogP contribution in [-0.4, -0.2) is 63.4 Å². The van der Waals surface area contributed by atoms with Crippen molar-refractivity contribution in [2.75, 3.05) is 26.2 Å². The third kappa shape index (κ3) is 6.06. The van der Waals surface area contributed by atoms with Crippen molar-refractivity contribution in [1.82, 2.24) is 24.8 Å². The van der Waals surface area contributed by atoms with E-state index >= 15 is 0 Å². The highest BCUT2D eigenvalue weighted by Crippen LogP contribution is 2.18. The summed E-state index contributed by atoms with van der Waals surface area (Å²) >= 11 is 0. The van der Waals surface area contributed by atoms with Gasteiger partial charge >= 0.3 is 12.1 Å². The molecule has 2 aromatic heterocycles. The number of hydrogen-bond acceptors (Lipinski definition) is 7. The summed E-state index contributed by atoms with van der Waals surface area (Å²) in [5.74, 6) is -0.131. The molecule has 1 aliphatic heterocycles. The van der Waals surface area contributed by atoms with Gasteiger partial charge in [0.15, 0.2) is 5.65 Å². The molecule has 10 heteroatoms. The molecule has 0 radical (unpaired) electrons. The number of ether oxygens (including phenoxy) is 2. The Morgan fingerprint density at radius 3 is 2.65 bits per heavy atom. The van der Waals surface area contributed by atoms with Crippen molar-refractivity contribution in [3.05, 3.63) is 33.9 Å². The first-order chi connectivity index (χ1) is 14.7. The van der Waals surface area contributed by atoms with Crippen LogP contribution >= 0.6 is 0 Å². The van der Waals surface area contributed by atoms with E-state index < -0.39 is 17.7 Å². The molecule has 0 aliphatic carbocycles. The van der Waals surface area contributed by atoms with Crippen LogP contribution < -0.4 is 10.9 Å². The van der Waals surface area contributed by atoms with Crippen LogP contribution in [0.4, 0.5) is 4.79 Å². The molecule has 0 aromatic carbocycles. The van der Waals surface area contributed by atoms with E-state index in [2.05, 4.69) is 20.3 Å². The lowest BCUT2D eigenvalue weighted by atomic mass is 9.97. The Morgan fingerprint density at radius 2 is 2.00 bits per heavy atom. The first-order valence-corrected chi connectivity index (χ1v) is 10.6. The number of fused-ring (bicyclic) bond motifs is 1. The van der Waals surface area contributed by atoms with Crippen LogP contribution in [0.25, 0.3) is 5.65 Å². The van der Waals surface area contributed by atoms with Crippen LogP contribution in [-0.2, 0) is 16.0 Å². The second-order valence-corrected chi connectivity index (χ2v) is 8.75. The number of carbonyl (C=O) groups is 2. The number of aromatic nitrogens is 3. The van der Waals surface area contributed by atoms with Crippen LogP contribution in [0.3, 0.4) is 0 Å². The maximum atomic E-state index is 12.4. The van der Waals surface area contributed by atoms with E-state index in [1.165, 1.54) is 16.8 Å². The van der Waals surface area contributed by atoms with Crippen LogP contribution in [0.15, 0.2) is 17.1 Å². The summed E-state index contributed by atoms with van der Waals surface area (Å²) in [5, 5.41) is 5.59. The number of likely N-dealkylation sites (tertiary alicyclic amines) is 1. The summed E-state index contributed by atoms with van der Waals surface area (Å²) in [5.41, 5.74) is 0.352. The predicted octanol–water partition coefficient (Wildman–Crippen LogP) is 1.94. The normalized spacial score (nSPS) is 15.7. The van der Waals surface area contributed by atoms with Crippen molar-refractivity contribution in [1.29, 1.82) is 0 Å². The fourth-order valence-electron chi connectivity index (χ4n) is 3.59. The van der Waals surface area contributed by atoms with Gasteiger partial charge in [-0.1, -0.05) is 0 Å². The Kier molecular flexibility index (Phi) is 6.99. The van der Waals surface area contributed by atoms with Crippen LogP contribution in [0.1, 0.15) is 56.6 Å². The Bertz CT molecular complexity index is 982. The first kappa shape index (κ1) is 22.8. The number of rotatable bonds is 6. The van der Waals surface area contributed by atoms with E-state index in [1.807, 2.05) is 20.8 Å². The number of esters is 1. The quantitative estimate of drug-likeness (QED) is 0.668. The predicted molar refractivity (Wildman–Crippen MR) is 114 cm³/mol. The second-order valence-electron chi connectivity index (χ2n) is 8.75. The van der Waals surface area contributed by atoms with Crippen LogP contribution in [0.5, 0.6) is 0 Å².